The second-order valence-corrected chi connectivity index (χ2v) is 8.24. The van der Waals surface area contributed by atoms with E-state index in [1.807, 2.05) is 0 Å². The van der Waals surface area contributed by atoms with Crippen molar-refractivity contribution in [1.29, 1.82) is 0 Å². The van der Waals surface area contributed by atoms with Crippen molar-refractivity contribution in [3.8, 4) is 0 Å². The lowest BCUT2D eigenvalue weighted by Crippen LogP contribution is -2.41. The summed E-state index contributed by atoms with van der Waals surface area (Å²) in [6, 6.07) is 2.84. The van der Waals surface area contributed by atoms with E-state index in [2.05, 4.69) is 4.72 Å². The SMILES string of the molecule is O=C(O)Cc1ccc(S(=O)(=O)NC2CC3CCC2O3)s1. The van der Waals surface area contributed by atoms with E-state index in [0.29, 0.717) is 4.88 Å². The minimum atomic E-state index is -3.59. The van der Waals surface area contributed by atoms with Gasteiger partial charge in [-0.2, -0.15) is 0 Å². The number of hydrogen-bond acceptors (Lipinski definition) is 5. The van der Waals surface area contributed by atoms with Crippen molar-refractivity contribution in [3.63, 3.8) is 0 Å². The van der Waals surface area contributed by atoms with Crippen LogP contribution in [0.5, 0.6) is 0 Å². The highest BCUT2D eigenvalue weighted by Crippen LogP contribution is 2.35. The summed E-state index contributed by atoms with van der Waals surface area (Å²) in [4.78, 5) is 11.1. The van der Waals surface area contributed by atoms with Crippen molar-refractivity contribution in [2.45, 2.75) is 48.1 Å². The fraction of sp³-hybridized carbons (Fsp3) is 0.583. The molecule has 2 bridgehead atoms. The molecular weight excluding hydrogens is 302 g/mol. The Kier molecular flexibility index (Phi) is 3.57. The van der Waals surface area contributed by atoms with Crippen molar-refractivity contribution >= 4 is 27.3 Å². The van der Waals surface area contributed by atoms with Crippen LogP contribution in [-0.4, -0.2) is 37.7 Å². The van der Waals surface area contributed by atoms with E-state index in [9.17, 15) is 13.2 Å². The molecule has 1 aromatic rings. The van der Waals surface area contributed by atoms with E-state index >= 15 is 0 Å². The summed E-state index contributed by atoms with van der Waals surface area (Å²) in [7, 11) is -3.59. The maximum Gasteiger partial charge on any atom is 0.308 e. The average molecular weight is 317 g/mol. The Morgan fingerprint density at radius 1 is 1.45 bits per heavy atom. The summed E-state index contributed by atoms with van der Waals surface area (Å²) in [5.41, 5.74) is 0. The third kappa shape index (κ3) is 2.73. The topological polar surface area (TPSA) is 92.7 Å². The number of rotatable bonds is 5. The van der Waals surface area contributed by atoms with Crippen LogP contribution in [0.1, 0.15) is 24.1 Å². The van der Waals surface area contributed by atoms with Gasteiger partial charge in [-0.3, -0.25) is 4.79 Å². The molecule has 0 saturated carbocycles. The van der Waals surface area contributed by atoms with Crippen LogP contribution in [-0.2, 0) is 26.0 Å². The maximum atomic E-state index is 12.3. The van der Waals surface area contributed by atoms with Crippen molar-refractivity contribution in [2.75, 3.05) is 0 Å². The number of fused-ring (bicyclic) bond motifs is 2. The van der Waals surface area contributed by atoms with Crippen LogP contribution in [0, 0.1) is 0 Å². The number of ether oxygens (including phenoxy) is 1. The van der Waals surface area contributed by atoms with Crippen LogP contribution in [0.4, 0.5) is 0 Å². The zero-order chi connectivity index (χ0) is 14.3. The Labute approximate surface area is 120 Å². The molecule has 3 atom stereocenters. The second kappa shape index (κ2) is 5.10. The van der Waals surface area contributed by atoms with Gasteiger partial charge in [0.2, 0.25) is 10.0 Å². The number of carboxylic acids is 1. The first kappa shape index (κ1) is 14.0. The van der Waals surface area contributed by atoms with Crippen LogP contribution in [0.3, 0.4) is 0 Å². The molecule has 2 aliphatic heterocycles. The zero-order valence-electron chi connectivity index (χ0n) is 10.6. The molecule has 3 rings (SSSR count). The molecule has 20 heavy (non-hydrogen) atoms. The van der Waals surface area contributed by atoms with Crippen LogP contribution in [0.2, 0.25) is 0 Å². The van der Waals surface area contributed by atoms with Crippen molar-refractivity contribution in [3.05, 3.63) is 17.0 Å². The summed E-state index contributed by atoms with van der Waals surface area (Å²) in [5.74, 6) is -0.967. The lowest BCUT2D eigenvalue weighted by Gasteiger charge is -2.19. The lowest BCUT2D eigenvalue weighted by atomic mass is 9.96. The van der Waals surface area contributed by atoms with Crippen LogP contribution in [0.25, 0.3) is 0 Å². The molecule has 8 heteroatoms. The van der Waals surface area contributed by atoms with E-state index in [1.54, 1.807) is 6.07 Å². The second-order valence-electron chi connectivity index (χ2n) is 5.13. The molecule has 1 aromatic heterocycles. The van der Waals surface area contributed by atoms with Gasteiger partial charge >= 0.3 is 5.97 Å². The first-order chi connectivity index (χ1) is 9.44. The molecule has 2 aliphatic rings. The molecular formula is C12H15NO5S2. The van der Waals surface area contributed by atoms with E-state index in [4.69, 9.17) is 9.84 Å². The molecule has 3 unspecified atom stereocenters. The fourth-order valence-electron chi connectivity index (χ4n) is 2.77. The number of carbonyl (C=O) groups is 1. The number of hydrogen-bond donors (Lipinski definition) is 2. The van der Waals surface area contributed by atoms with Gasteiger partial charge < -0.3 is 9.84 Å². The van der Waals surface area contributed by atoms with Gasteiger partial charge in [0.1, 0.15) is 4.21 Å². The number of carboxylic acid groups (broad SMARTS) is 1. The minimum Gasteiger partial charge on any atom is -0.481 e. The van der Waals surface area contributed by atoms with E-state index < -0.39 is 16.0 Å². The fourth-order valence-corrected chi connectivity index (χ4v) is 5.41. The number of sulfonamides is 1. The molecule has 110 valence electrons. The molecule has 2 fully saturated rings. The summed E-state index contributed by atoms with van der Waals surface area (Å²) in [6.45, 7) is 0. The normalized spacial score (nSPS) is 28.9. The van der Waals surface area contributed by atoms with Gasteiger partial charge in [0.15, 0.2) is 0 Å². The van der Waals surface area contributed by atoms with Crippen molar-refractivity contribution < 1.29 is 23.1 Å². The quantitative estimate of drug-likeness (QED) is 0.844. The maximum absolute atomic E-state index is 12.3. The molecule has 0 amide bonds. The first-order valence-corrected chi connectivity index (χ1v) is 8.72. The van der Waals surface area contributed by atoms with E-state index in [1.165, 1.54) is 6.07 Å². The van der Waals surface area contributed by atoms with Gasteiger partial charge in [0.25, 0.3) is 0 Å². The van der Waals surface area contributed by atoms with Crippen LogP contribution >= 0.6 is 11.3 Å². The Hall–Kier alpha value is -0.960. The van der Waals surface area contributed by atoms with E-state index in [-0.39, 0.29) is 28.9 Å². The molecule has 2 N–H and O–H groups in total. The lowest BCUT2D eigenvalue weighted by molar-refractivity contribution is -0.136. The molecule has 0 spiro atoms. The molecule has 0 aliphatic carbocycles. The predicted molar refractivity (Wildman–Crippen MR) is 72.3 cm³/mol. The summed E-state index contributed by atoms with van der Waals surface area (Å²) >= 11 is 0.999. The largest absolute Gasteiger partial charge is 0.481 e. The zero-order valence-corrected chi connectivity index (χ0v) is 12.2. The van der Waals surface area contributed by atoms with Crippen LogP contribution in [0.15, 0.2) is 16.3 Å². The Morgan fingerprint density at radius 3 is 2.85 bits per heavy atom. The number of aliphatic carboxylic acids is 1. The minimum absolute atomic E-state index is 0.0202. The third-order valence-corrected chi connectivity index (χ3v) is 6.71. The number of nitrogens with one attached hydrogen (secondary N) is 1. The van der Waals surface area contributed by atoms with Crippen LogP contribution < -0.4 is 4.72 Å². The van der Waals surface area contributed by atoms with Gasteiger partial charge in [-0.1, -0.05) is 0 Å². The van der Waals surface area contributed by atoms with Gasteiger partial charge in [-0.25, -0.2) is 13.1 Å². The molecule has 0 radical (unpaired) electrons. The smallest absolute Gasteiger partial charge is 0.308 e. The van der Waals surface area contributed by atoms with Crippen molar-refractivity contribution in [1.82, 2.24) is 4.72 Å². The Bertz CT molecular complexity index is 624. The van der Waals surface area contributed by atoms with E-state index in [0.717, 1.165) is 30.6 Å². The monoisotopic (exact) mass is 317 g/mol. The standard InChI is InChI=1S/C12H15NO5S2/c14-11(15)6-8-2-4-12(19-8)20(16,17)13-9-5-7-1-3-10(9)18-7/h2,4,7,9-10,13H,1,3,5-6H2,(H,14,15). The average Bonchev–Trinajstić information content (AvgIpc) is 3.02. The molecule has 3 heterocycles. The molecule has 6 nitrogen and oxygen atoms in total. The molecule has 0 aromatic carbocycles. The predicted octanol–water partition coefficient (Wildman–Crippen LogP) is 0.973. The highest BCUT2D eigenvalue weighted by Gasteiger charge is 2.42. The Morgan fingerprint density at radius 2 is 2.25 bits per heavy atom. The van der Waals surface area contributed by atoms with Crippen molar-refractivity contribution in [2.24, 2.45) is 0 Å². The van der Waals surface area contributed by atoms with Gasteiger partial charge in [-0.15, -0.1) is 11.3 Å². The summed E-state index contributed by atoms with van der Waals surface area (Å²) in [5, 5.41) is 8.71. The Balaban J connectivity index is 1.71. The van der Waals surface area contributed by atoms with Gasteiger partial charge in [0, 0.05) is 4.88 Å². The molecule has 2 saturated heterocycles. The first-order valence-electron chi connectivity index (χ1n) is 6.42. The highest BCUT2D eigenvalue weighted by atomic mass is 32.2. The highest BCUT2D eigenvalue weighted by molar-refractivity contribution is 7.91. The van der Waals surface area contributed by atoms with Gasteiger partial charge in [-0.05, 0) is 31.4 Å². The third-order valence-electron chi connectivity index (χ3n) is 3.64. The number of thiophene rings is 1. The van der Waals surface area contributed by atoms with Gasteiger partial charge in [0.05, 0.1) is 24.7 Å². The summed E-state index contributed by atoms with van der Waals surface area (Å²) in [6.07, 6.45) is 2.62. The summed E-state index contributed by atoms with van der Waals surface area (Å²) < 4.78 is 33.0.